The van der Waals surface area contributed by atoms with Crippen molar-refractivity contribution in [1.82, 2.24) is 4.90 Å². The number of rotatable bonds is 5. The van der Waals surface area contributed by atoms with Gasteiger partial charge in [-0.05, 0) is 82.4 Å². The molecule has 1 aliphatic rings. The summed E-state index contributed by atoms with van der Waals surface area (Å²) in [5, 5.41) is 9.17. The van der Waals surface area contributed by atoms with Crippen molar-refractivity contribution in [2.45, 2.75) is 6.54 Å². The molecule has 1 aliphatic heterocycles. The fraction of sp³-hybridized carbons (Fsp3) is 0.0455. The average Bonchev–Trinajstić information content (AvgIpc) is 3.30. The molecule has 1 aromatic heterocycles. The third-order valence-corrected chi connectivity index (χ3v) is 6.46. The maximum absolute atomic E-state index is 12.7. The van der Waals surface area contributed by atoms with E-state index in [2.05, 4.69) is 22.6 Å². The summed E-state index contributed by atoms with van der Waals surface area (Å²) in [5.41, 5.74) is 1.36. The second-order valence-electron chi connectivity index (χ2n) is 6.60. The summed E-state index contributed by atoms with van der Waals surface area (Å²) in [5.74, 6) is -0.757. The lowest BCUT2D eigenvalue weighted by atomic mass is 10.1. The van der Waals surface area contributed by atoms with Crippen LogP contribution in [0.1, 0.15) is 21.7 Å². The van der Waals surface area contributed by atoms with Crippen LogP contribution in [0.15, 0.2) is 63.9 Å². The van der Waals surface area contributed by atoms with Crippen LogP contribution in [0.2, 0.25) is 5.02 Å². The van der Waals surface area contributed by atoms with Gasteiger partial charge in [0.2, 0.25) is 0 Å². The molecule has 9 heteroatoms. The van der Waals surface area contributed by atoms with Gasteiger partial charge in [0.25, 0.3) is 11.1 Å². The first-order valence-corrected chi connectivity index (χ1v) is 11.2. The Morgan fingerprint density at radius 2 is 1.87 bits per heavy atom. The van der Waals surface area contributed by atoms with Gasteiger partial charge in [-0.15, -0.1) is 0 Å². The predicted octanol–water partition coefficient (Wildman–Crippen LogP) is 6.14. The zero-order valence-corrected chi connectivity index (χ0v) is 19.4. The van der Waals surface area contributed by atoms with Crippen LogP contribution in [0.25, 0.3) is 17.4 Å². The number of aromatic carboxylic acids is 1. The molecule has 1 saturated heterocycles. The molecule has 31 heavy (non-hydrogen) atoms. The fourth-order valence-corrected chi connectivity index (χ4v) is 4.35. The molecular weight excluding hydrogens is 553 g/mol. The lowest BCUT2D eigenvalue weighted by Gasteiger charge is -2.12. The number of amides is 2. The topological polar surface area (TPSA) is 87.8 Å². The van der Waals surface area contributed by atoms with Gasteiger partial charge in [0.05, 0.1) is 22.0 Å². The van der Waals surface area contributed by atoms with E-state index in [1.165, 1.54) is 29.2 Å². The van der Waals surface area contributed by atoms with Crippen molar-refractivity contribution in [2.24, 2.45) is 0 Å². The molecule has 0 radical (unpaired) electrons. The number of hydrogen-bond acceptors (Lipinski definition) is 5. The summed E-state index contributed by atoms with van der Waals surface area (Å²) in [6.45, 7) is 0.194. The molecule has 4 rings (SSSR count). The molecule has 1 N–H and O–H groups in total. The summed E-state index contributed by atoms with van der Waals surface area (Å²) in [4.78, 5) is 37.7. The van der Waals surface area contributed by atoms with E-state index in [0.717, 1.165) is 20.9 Å². The Kier molecular flexibility index (Phi) is 6.22. The molecule has 2 heterocycles. The van der Waals surface area contributed by atoms with Crippen molar-refractivity contribution in [3.8, 4) is 11.3 Å². The third kappa shape index (κ3) is 4.70. The van der Waals surface area contributed by atoms with Crippen molar-refractivity contribution < 1.29 is 23.9 Å². The lowest BCUT2D eigenvalue weighted by Crippen LogP contribution is -2.27. The number of nitrogens with zero attached hydrogens (tertiary/aromatic N) is 1. The largest absolute Gasteiger partial charge is 0.478 e. The molecule has 156 valence electrons. The first-order valence-electron chi connectivity index (χ1n) is 8.94. The van der Waals surface area contributed by atoms with E-state index < -0.39 is 11.9 Å². The number of carboxylic acids is 1. The minimum atomic E-state index is -1.08. The Morgan fingerprint density at radius 3 is 2.58 bits per heavy atom. The van der Waals surface area contributed by atoms with Gasteiger partial charge in [-0.2, -0.15) is 0 Å². The quantitative estimate of drug-likeness (QED) is 0.295. The van der Waals surface area contributed by atoms with E-state index in [1.54, 1.807) is 12.1 Å². The van der Waals surface area contributed by atoms with Crippen LogP contribution in [0.3, 0.4) is 0 Å². The van der Waals surface area contributed by atoms with E-state index in [-0.39, 0.29) is 22.3 Å². The molecular formula is C22H13ClINO5S. The average molecular weight is 566 g/mol. The highest BCUT2D eigenvalue weighted by Crippen LogP contribution is 2.35. The second-order valence-corrected chi connectivity index (χ2v) is 9.24. The molecule has 2 aromatic carbocycles. The maximum Gasteiger partial charge on any atom is 0.335 e. The third-order valence-electron chi connectivity index (χ3n) is 4.51. The second kappa shape index (κ2) is 8.89. The first kappa shape index (κ1) is 21.7. The monoisotopic (exact) mass is 565 g/mol. The summed E-state index contributed by atoms with van der Waals surface area (Å²) in [6, 6.07) is 15.2. The minimum absolute atomic E-state index is 0.0778. The van der Waals surface area contributed by atoms with Crippen LogP contribution in [-0.2, 0) is 11.3 Å². The zero-order chi connectivity index (χ0) is 22.1. The predicted molar refractivity (Wildman–Crippen MR) is 127 cm³/mol. The Balaban J connectivity index is 1.56. The van der Waals surface area contributed by atoms with Crippen LogP contribution < -0.4 is 0 Å². The number of imide groups is 1. The normalized spacial score (nSPS) is 15.2. The Hall–Kier alpha value is -2.56. The summed E-state index contributed by atoms with van der Waals surface area (Å²) < 4.78 is 6.82. The molecule has 6 nitrogen and oxygen atoms in total. The van der Waals surface area contributed by atoms with E-state index in [9.17, 15) is 19.5 Å². The van der Waals surface area contributed by atoms with Gasteiger partial charge in [-0.3, -0.25) is 14.5 Å². The SMILES string of the molecule is O=C(O)c1ccc(Cl)c(-c2ccc(/C=C3\SC(=O)N(Cc4ccc(I)cc4)C3=O)o2)c1. The van der Waals surface area contributed by atoms with Crippen LogP contribution in [0.5, 0.6) is 0 Å². The Bertz CT molecular complexity index is 1230. The van der Waals surface area contributed by atoms with Gasteiger partial charge in [0.1, 0.15) is 11.5 Å². The number of carbonyl (C=O) groups is 3. The number of carboxylic acid groups (broad SMARTS) is 1. The Labute approximate surface area is 200 Å². The smallest absolute Gasteiger partial charge is 0.335 e. The van der Waals surface area contributed by atoms with Gasteiger partial charge in [-0.25, -0.2) is 4.79 Å². The molecule has 0 spiro atoms. The van der Waals surface area contributed by atoms with Crippen molar-refractivity contribution in [3.63, 3.8) is 0 Å². The van der Waals surface area contributed by atoms with Crippen molar-refractivity contribution in [1.29, 1.82) is 0 Å². The van der Waals surface area contributed by atoms with Gasteiger partial charge in [-0.1, -0.05) is 23.7 Å². The molecule has 0 atom stereocenters. The Morgan fingerprint density at radius 1 is 1.13 bits per heavy atom. The van der Waals surface area contributed by atoms with Crippen molar-refractivity contribution in [3.05, 3.63) is 85.0 Å². The van der Waals surface area contributed by atoms with Gasteiger partial charge < -0.3 is 9.52 Å². The fourth-order valence-electron chi connectivity index (χ4n) is 2.96. The van der Waals surface area contributed by atoms with Gasteiger partial charge in [0.15, 0.2) is 0 Å². The number of furan rings is 1. The number of hydrogen-bond donors (Lipinski definition) is 1. The van der Waals surface area contributed by atoms with E-state index in [0.29, 0.717) is 22.1 Å². The zero-order valence-electron chi connectivity index (χ0n) is 15.7. The molecule has 0 saturated carbocycles. The summed E-state index contributed by atoms with van der Waals surface area (Å²) in [6.07, 6.45) is 1.50. The maximum atomic E-state index is 12.7. The molecule has 0 bridgehead atoms. The first-order chi connectivity index (χ1) is 14.8. The lowest BCUT2D eigenvalue weighted by molar-refractivity contribution is -0.123. The highest BCUT2D eigenvalue weighted by atomic mass is 127. The van der Waals surface area contributed by atoms with Crippen LogP contribution >= 0.6 is 46.0 Å². The number of benzene rings is 2. The molecule has 0 aliphatic carbocycles. The minimum Gasteiger partial charge on any atom is -0.478 e. The van der Waals surface area contributed by atoms with Gasteiger partial charge in [0, 0.05) is 15.2 Å². The summed E-state index contributed by atoms with van der Waals surface area (Å²) in [7, 11) is 0. The highest BCUT2D eigenvalue weighted by molar-refractivity contribution is 14.1. The molecule has 1 fully saturated rings. The van der Waals surface area contributed by atoms with Crippen LogP contribution in [-0.4, -0.2) is 27.1 Å². The van der Waals surface area contributed by atoms with Crippen molar-refractivity contribution >= 4 is 69.1 Å². The molecule has 0 unspecified atom stereocenters. The number of carbonyl (C=O) groups excluding carboxylic acids is 2. The standard InChI is InChI=1S/C22H13ClINO5S/c23-17-7-3-13(21(27)28)9-16(17)18-8-6-15(30-18)10-19-20(26)25(22(29)31-19)11-12-1-4-14(24)5-2-12/h1-10H,11H2,(H,27,28)/b19-10-. The van der Waals surface area contributed by atoms with Crippen LogP contribution in [0.4, 0.5) is 4.79 Å². The van der Waals surface area contributed by atoms with Crippen LogP contribution in [0, 0.1) is 3.57 Å². The molecule has 3 aromatic rings. The van der Waals surface area contributed by atoms with E-state index >= 15 is 0 Å². The van der Waals surface area contributed by atoms with Crippen molar-refractivity contribution in [2.75, 3.05) is 0 Å². The van der Waals surface area contributed by atoms with Gasteiger partial charge >= 0.3 is 5.97 Å². The summed E-state index contributed by atoms with van der Waals surface area (Å²) >= 11 is 9.22. The number of thioether (sulfide) groups is 1. The molecule has 2 amide bonds. The number of halogens is 2. The van der Waals surface area contributed by atoms with E-state index in [1.807, 2.05) is 24.3 Å². The highest BCUT2D eigenvalue weighted by Gasteiger charge is 2.35. The van der Waals surface area contributed by atoms with E-state index in [4.69, 9.17) is 16.0 Å².